The van der Waals surface area contributed by atoms with Crippen LogP contribution in [-0.2, 0) is 0 Å². The topological polar surface area (TPSA) is 55.5 Å². The van der Waals surface area contributed by atoms with E-state index < -0.39 is 0 Å². The number of fused-ring (bicyclic) bond motifs is 2. The van der Waals surface area contributed by atoms with Gasteiger partial charge in [-0.15, -0.1) is 10.2 Å². The Balaban J connectivity index is 1.40. The SMILES string of the molecule is CCOc1cccc2sc(N3CC(c4nnc5ccccn45)C3)nc12. The van der Waals surface area contributed by atoms with E-state index in [9.17, 15) is 0 Å². The first-order valence-electron chi connectivity index (χ1n) is 8.40. The minimum absolute atomic E-state index is 0.385. The Morgan fingerprint density at radius 1 is 1.16 bits per heavy atom. The Labute approximate surface area is 148 Å². The van der Waals surface area contributed by atoms with E-state index in [1.54, 1.807) is 11.3 Å². The van der Waals surface area contributed by atoms with E-state index in [0.717, 1.165) is 45.7 Å². The summed E-state index contributed by atoms with van der Waals surface area (Å²) in [5.74, 6) is 2.28. The van der Waals surface area contributed by atoms with Gasteiger partial charge in [-0.05, 0) is 31.2 Å². The molecule has 4 heterocycles. The van der Waals surface area contributed by atoms with Crippen molar-refractivity contribution in [1.29, 1.82) is 0 Å². The van der Waals surface area contributed by atoms with E-state index in [1.807, 2.05) is 43.5 Å². The number of benzene rings is 1. The molecule has 1 aliphatic rings. The van der Waals surface area contributed by atoms with Gasteiger partial charge < -0.3 is 9.64 Å². The molecule has 0 aliphatic carbocycles. The summed E-state index contributed by atoms with van der Waals surface area (Å²) in [4.78, 5) is 7.11. The number of para-hydroxylation sites is 1. The van der Waals surface area contributed by atoms with Crippen molar-refractivity contribution in [3.63, 3.8) is 0 Å². The zero-order chi connectivity index (χ0) is 16.8. The lowest BCUT2D eigenvalue weighted by Crippen LogP contribution is -2.45. The predicted octanol–water partition coefficient (Wildman–Crippen LogP) is 3.34. The van der Waals surface area contributed by atoms with Crippen molar-refractivity contribution in [2.24, 2.45) is 0 Å². The second-order valence-corrected chi connectivity index (χ2v) is 7.13. The van der Waals surface area contributed by atoms with Gasteiger partial charge in [0.05, 0.1) is 17.2 Å². The fourth-order valence-corrected chi connectivity index (χ4v) is 4.26. The van der Waals surface area contributed by atoms with Gasteiger partial charge >= 0.3 is 0 Å². The third-order valence-corrected chi connectivity index (χ3v) is 5.61. The van der Waals surface area contributed by atoms with Gasteiger partial charge in [0.1, 0.15) is 17.1 Å². The van der Waals surface area contributed by atoms with E-state index in [2.05, 4.69) is 25.6 Å². The van der Waals surface area contributed by atoms with Gasteiger partial charge in [0.2, 0.25) is 0 Å². The molecule has 7 heteroatoms. The second kappa shape index (κ2) is 5.70. The zero-order valence-electron chi connectivity index (χ0n) is 13.8. The predicted molar refractivity (Wildman–Crippen MR) is 98.7 cm³/mol. The average Bonchev–Trinajstić information content (AvgIpc) is 3.19. The van der Waals surface area contributed by atoms with Crippen LogP contribution in [0.15, 0.2) is 42.6 Å². The van der Waals surface area contributed by atoms with Crippen LogP contribution < -0.4 is 9.64 Å². The Kier molecular flexibility index (Phi) is 3.34. The fourth-order valence-electron chi connectivity index (χ4n) is 3.26. The average molecular weight is 351 g/mol. The van der Waals surface area contributed by atoms with Crippen LogP contribution in [0.2, 0.25) is 0 Å². The van der Waals surface area contributed by atoms with Crippen LogP contribution in [0.25, 0.3) is 15.9 Å². The molecule has 0 atom stereocenters. The van der Waals surface area contributed by atoms with Crippen LogP contribution in [0.3, 0.4) is 0 Å². The first-order valence-corrected chi connectivity index (χ1v) is 9.22. The molecule has 0 bridgehead atoms. The van der Waals surface area contributed by atoms with Crippen LogP contribution in [0, 0.1) is 0 Å². The summed E-state index contributed by atoms with van der Waals surface area (Å²) < 4.78 is 8.94. The highest BCUT2D eigenvalue weighted by atomic mass is 32.1. The standard InChI is InChI=1S/C18H17N5OS/c1-2-24-13-6-5-7-14-16(13)19-18(25-14)22-10-12(11-22)17-21-20-15-8-3-4-9-23(15)17/h3-9,12H,2,10-11H2,1H3. The zero-order valence-corrected chi connectivity index (χ0v) is 14.6. The maximum atomic E-state index is 5.70. The van der Waals surface area contributed by atoms with E-state index in [0.29, 0.717) is 12.5 Å². The van der Waals surface area contributed by atoms with Gasteiger partial charge in [0, 0.05) is 19.3 Å². The summed E-state index contributed by atoms with van der Waals surface area (Å²) >= 11 is 1.72. The lowest BCUT2D eigenvalue weighted by atomic mass is 10.0. The third-order valence-electron chi connectivity index (χ3n) is 4.53. The van der Waals surface area contributed by atoms with E-state index in [4.69, 9.17) is 9.72 Å². The van der Waals surface area contributed by atoms with Crippen molar-refractivity contribution in [3.05, 3.63) is 48.4 Å². The number of hydrogen-bond acceptors (Lipinski definition) is 6. The molecule has 0 amide bonds. The molecule has 3 aromatic heterocycles. The monoisotopic (exact) mass is 351 g/mol. The van der Waals surface area contributed by atoms with Crippen molar-refractivity contribution in [2.75, 3.05) is 24.6 Å². The van der Waals surface area contributed by atoms with Gasteiger partial charge in [-0.1, -0.05) is 23.5 Å². The molecular formula is C18H17N5OS. The summed E-state index contributed by atoms with van der Waals surface area (Å²) in [5.41, 5.74) is 1.86. The van der Waals surface area contributed by atoms with Crippen molar-refractivity contribution in [2.45, 2.75) is 12.8 Å². The van der Waals surface area contributed by atoms with E-state index in [1.165, 1.54) is 0 Å². The van der Waals surface area contributed by atoms with Crippen LogP contribution >= 0.6 is 11.3 Å². The number of rotatable bonds is 4. The Morgan fingerprint density at radius 3 is 2.96 bits per heavy atom. The minimum atomic E-state index is 0.385. The van der Waals surface area contributed by atoms with Crippen LogP contribution in [-0.4, -0.2) is 39.3 Å². The molecule has 1 fully saturated rings. The summed E-state index contributed by atoms with van der Waals surface area (Å²) in [6.45, 7) is 4.48. The van der Waals surface area contributed by atoms with Crippen LogP contribution in [0.5, 0.6) is 5.75 Å². The van der Waals surface area contributed by atoms with Gasteiger partial charge in [-0.3, -0.25) is 4.40 Å². The molecule has 0 N–H and O–H groups in total. The van der Waals surface area contributed by atoms with Crippen molar-refractivity contribution >= 4 is 32.3 Å². The Bertz CT molecular complexity index is 1050. The number of thiazole rings is 1. The van der Waals surface area contributed by atoms with Gasteiger partial charge in [0.25, 0.3) is 0 Å². The molecule has 0 spiro atoms. The Hall–Kier alpha value is -2.67. The molecule has 25 heavy (non-hydrogen) atoms. The van der Waals surface area contributed by atoms with Crippen LogP contribution in [0.4, 0.5) is 5.13 Å². The summed E-state index contributed by atoms with van der Waals surface area (Å²) in [5, 5.41) is 9.68. The molecule has 5 rings (SSSR count). The molecule has 4 aromatic rings. The molecular weight excluding hydrogens is 334 g/mol. The number of anilines is 1. The third kappa shape index (κ3) is 2.34. The fraction of sp³-hybridized carbons (Fsp3) is 0.278. The maximum absolute atomic E-state index is 5.70. The maximum Gasteiger partial charge on any atom is 0.186 e. The number of pyridine rings is 1. The van der Waals surface area contributed by atoms with E-state index in [-0.39, 0.29) is 0 Å². The summed E-state index contributed by atoms with van der Waals surface area (Å²) in [7, 11) is 0. The number of aromatic nitrogens is 4. The summed E-state index contributed by atoms with van der Waals surface area (Å²) in [6.07, 6.45) is 2.03. The summed E-state index contributed by atoms with van der Waals surface area (Å²) in [6, 6.07) is 12.1. The van der Waals surface area contributed by atoms with Crippen molar-refractivity contribution in [1.82, 2.24) is 19.6 Å². The largest absolute Gasteiger partial charge is 0.492 e. The molecule has 126 valence electrons. The molecule has 1 aromatic carbocycles. The highest BCUT2D eigenvalue weighted by Crippen LogP contribution is 2.38. The van der Waals surface area contributed by atoms with Crippen molar-refractivity contribution in [3.8, 4) is 5.75 Å². The van der Waals surface area contributed by atoms with Crippen LogP contribution in [0.1, 0.15) is 18.7 Å². The van der Waals surface area contributed by atoms with Gasteiger partial charge in [-0.25, -0.2) is 4.98 Å². The lowest BCUT2D eigenvalue weighted by Gasteiger charge is -2.37. The van der Waals surface area contributed by atoms with Gasteiger partial charge in [0.15, 0.2) is 10.8 Å². The Morgan fingerprint density at radius 2 is 2.08 bits per heavy atom. The highest BCUT2D eigenvalue weighted by molar-refractivity contribution is 7.22. The number of nitrogens with zero attached hydrogens (tertiary/aromatic N) is 5. The van der Waals surface area contributed by atoms with Gasteiger partial charge in [-0.2, -0.15) is 0 Å². The highest BCUT2D eigenvalue weighted by Gasteiger charge is 2.33. The number of ether oxygens (including phenoxy) is 1. The molecule has 1 aliphatic heterocycles. The normalized spacial score (nSPS) is 15.0. The van der Waals surface area contributed by atoms with Crippen molar-refractivity contribution < 1.29 is 4.74 Å². The first kappa shape index (κ1) is 14.7. The molecule has 6 nitrogen and oxygen atoms in total. The molecule has 1 saturated heterocycles. The first-order chi connectivity index (χ1) is 12.3. The molecule has 0 saturated carbocycles. The second-order valence-electron chi connectivity index (χ2n) is 6.12. The smallest absolute Gasteiger partial charge is 0.186 e. The lowest BCUT2D eigenvalue weighted by molar-refractivity contribution is 0.343. The minimum Gasteiger partial charge on any atom is -0.492 e. The molecule has 0 radical (unpaired) electrons. The van der Waals surface area contributed by atoms with E-state index >= 15 is 0 Å². The number of hydrogen-bond donors (Lipinski definition) is 0. The quantitative estimate of drug-likeness (QED) is 0.564. The molecule has 0 unspecified atom stereocenters.